The zero-order valence-corrected chi connectivity index (χ0v) is 10.0. The van der Waals surface area contributed by atoms with Gasteiger partial charge in [0.15, 0.2) is 0 Å². The van der Waals surface area contributed by atoms with E-state index in [1.54, 1.807) is 17.8 Å². The fraction of sp³-hybridized carbons (Fsp3) is 0.500. The van der Waals surface area contributed by atoms with Crippen LogP contribution in [0.25, 0.3) is 0 Å². The Hall–Kier alpha value is -1.36. The van der Waals surface area contributed by atoms with Crippen molar-refractivity contribution in [1.29, 1.82) is 0 Å². The first-order valence-electron chi connectivity index (χ1n) is 4.98. The van der Waals surface area contributed by atoms with Gasteiger partial charge in [-0.2, -0.15) is 5.10 Å². The second kappa shape index (κ2) is 5.65. The van der Waals surface area contributed by atoms with E-state index in [4.69, 9.17) is 11.6 Å². The summed E-state index contributed by atoms with van der Waals surface area (Å²) in [5, 5.41) is 6.32. The molecule has 0 aromatic carbocycles. The summed E-state index contributed by atoms with van der Waals surface area (Å²) < 4.78 is 1.64. The van der Waals surface area contributed by atoms with E-state index >= 15 is 0 Å². The van der Waals surface area contributed by atoms with Gasteiger partial charge < -0.3 is 5.32 Å². The molecule has 5 nitrogen and oxygen atoms in total. The highest BCUT2D eigenvalue weighted by atomic mass is 35.5. The molecule has 88 valence electrons. The van der Waals surface area contributed by atoms with Gasteiger partial charge in [-0.25, -0.2) is 0 Å². The highest BCUT2D eigenvalue weighted by Crippen LogP contribution is 2.01. The predicted octanol–water partition coefficient (Wildman–Crippen LogP) is 1.00. The van der Waals surface area contributed by atoms with Crippen molar-refractivity contribution in [2.24, 2.45) is 7.05 Å². The third kappa shape index (κ3) is 3.66. The number of aromatic nitrogens is 2. The standard InChI is InChI=1S/C10H14ClN3O2/c1-7-6-8(13-14(7)2)10(16)12-5-3-4-9(11)15/h6H,3-5H2,1-2H3,(H,12,16). The molecule has 1 aromatic heterocycles. The first-order chi connectivity index (χ1) is 7.50. The highest BCUT2D eigenvalue weighted by molar-refractivity contribution is 6.63. The van der Waals surface area contributed by atoms with Crippen molar-refractivity contribution in [2.75, 3.05) is 6.54 Å². The monoisotopic (exact) mass is 243 g/mol. The van der Waals surface area contributed by atoms with Crippen LogP contribution in [0.4, 0.5) is 0 Å². The smallest absolute Gasteiger partial charge is 0.271 e. The van der Waals surface area contributed by atoms with E-state index < -0.39 is 0 Å². The summed E-state index contributed by atoms with van der Waals surface area (Å²) in [7, 11) is 1.78. The van der Waals surface area contributed by atoms with Crippen LogP contribution in [0.3, 0.4) is 0 Å². The van der Waals surface area contributed by atoms with Crippen LogP contribution in [-0.2, 0) is 11.8 Å². The Kier molecular flexibility index (Phi) is 4.49. The van der Waals surface area contributed by atoms with E-state index in [-0.39, 0.29) is 17.6 Å². The van der Waals surface area contributed by atoms with Crippen molar-refractivity contribution in [3.63, 3.8) is 0 Å². The number of hydrogen-bond donors (Lipinski definition) is 1. The summed E-state index contributed by atoms with van der Waals surface area (Å²) in [6.45, 7) is 2.29. The molecule has 0 fully saturated rings. The van der Waals surface area contributed by atoms with Gasteiger partial charge in [0.25, 0.3) is 5.91 Å². The number of amides is 1. The Balaban J connectivity index is 2.38. The molecular formula is C10H14ClN3O2. The number of nitrogens with one attached hydrogen (secondary N) is 1. The van der Waals surface area contributed by atoms with E-state index in [2.05, 4.69) is 10.4 Å². The van der Waals surface area contributed by atoms with E-state index in [1.807, 2.05) is 6.92 Å². The van der Waals surface area contributed by atoms with Gasteiger partial charge in [0.05, 0.1) is 0 Å². The number of aryl methyl sites for hydroxylation is 2. The Bertz CT molecular complexity index is 381. The van der Waals surface area contributed by atoms with Crippen LogP contribution in [-0.4, -0.2) is 27.5 Å². The van der Waals surface area contributed by atoms with Gasteiger partial charge in [-0.3, -0.25) is 14.3 Å². The van der Waals surface area contributed by atoms with Crippen LogP contribution in [0.15, 0.2) is 6.07 Å². The molecule has 1 aromatic rings. The summed E-state index contributed by atoms with van der Waals surface area (Å²) in [6.07, 6.45) is 0.809. The number of nitrogens with zero attached hydrogens (tertiary/aromatic N) is 2. The molecule has 0 spiro atoms. The molecule has 0 radical (unpaired) electrons. The molecule has 0 bridgehead atoms. The molecule has 1 N–H and O–H groups in total. The number of carbonyl (C=O) groups is 2. The maximum absolute atomic E-state index is 11.6. The van der Waals surface area contributed by atoms with Gasteiger partial charge >= 0.3 is 0 Å². The minimum Gasteiger partial charge on any atom is -0.351 e. The van der Waals surface area contributed by atoms with Gasteiger partial charge in [-0.15, -0.1) is 0 Å². The molecule has 6 heteroatoms. The Labute approximate surface area is 98.8 Å². The quantitative estimate of drug-likeness (QED) is 0.620. The SMILES string of the molecule is Cc1cc(C(=O)NCCCC(=O)Cl)nn1C. The Morgan fingerprint density at radius 1 is 1.56 bits per heavy atom. The molecule has 16 heavy (non-hydrogen) atoms. The molecule has 1 heterocycles. The van der Waals surface area contributed by atoms with Crippen LogP contribution in [0, 0.1) is 6.92 Å². The van der Waals surface area contributed by atoms with Crippen molar-refractivity contribution in [1.82, 2.24) is 15.1 Å². The van der Waals surface area contributed by atoms with E-state index in [0.717, 1.165) is 5.69 Å². The topological polar surface area (TPSA) is 64.0 Å². The largest absolute Gasteiger partial charge is 0.351 e. The summed E-state index contributed by atoms with van der Waals surface area (Å²) in [6, 6.07) is 1.71. The highest BCUT2D eigenvalue weighted by Gasteiger charge is 2.09. The molecule has 0 atom stereocenters. The Morgan fingerprint density at radius 3 is 2.75 bits per heavy atom. The third-order valence-corrected chi connectivity index (χ3v) is 2.37. The van der Waals surface area contributed by atoms with Crippen molar-refractivity contribution >= 4 is 22.8 Å². The number of hydrogen-bond acceptors (Lipinski definition) is 3. The minimum atomic E-state index is -0.386. The summed E-state index contributed by atoms with van der Waals surface area (Å²) in [5.41, 5.74) is 1.30. The second-order valence-electron chi connectivity index (χ2n) is 3.51. The maximum Gasteiger partial charge on any atom is 0.271 e. The van der Waals surface area contributed by atoms with Gasteiger partial charge in [0.2, 0.25) is 5.24 Å². The van der Waals surface area contributed by atoms with Crippen LogP contribution >= 0.6 is 11.6 Å². The zero-order valence-electron chi connectivity index (χ0n) is 9.29. The molecule has 0 aliphatic carbocycles. The molecular weight excluding hydrogens is 230 g/mol. The number of rotatable bonds is 5. The van der Waals surface area contributed by atoms with Gasteiger partial charge in [-0.1, -0.05) is 0 Å². The van der Waals surface area contributed by atoms with Crippen LogP contribution in [0.5, 0.6) is 0 Å². The van der Waals surface area contributed by atoms with Crippen molar-refractivity contribution in [2.45, 2.75) is 19.8 Å². The molecule has 0 unspecified atom stereocenters. The number of halogens is 1. The van der Waals surface area contributed by atoms with E-state index in [0.29, 0.717) is 18.7 Å². The lowest BCUT2D eigenvalue weighted by molar-refractivity contribution is -0.111. The lowest BCUT2D eigenvalue weighted by atomic mass is 10.3. The second-order valence-corrected chi connectivity index (χ2v) is 3.93. The van der Waals surface area contributed by atoms with Crippen LogP contribution in [0.1, 0.15) is 29.0 Å². The molecule has 0 aliphatic rings. The molecule has 1 rings (SSSR count). The summed E-state index contributed by atoms with van der Waals surface area (Å²) in [5.74, 6) is -0.231. The normalized spacial score (nSPS) is 10.2. The fourth-order valence-corrected chi connectivity index (χ4v) is 1.33. The van der Waals surface area contributed by atoms with E-state index in [9.17, 15) is 9.59 Å². The lowest BCUT2D eigenvalue weighted by Gasteiger charge is -2.00. The predicted molar refractivity (Wildman–Crippen MR) is 60.4 cm³/mol. The zero-order chi connectivity index (χ0) is 12.1. The number of carbonyl (C=O) groups excluding carboxylic acids is 2. The summed E-state index contributed by atoms with van der Waals surface area (Å²) in [4.78, 5) is 22.0. The summed E-state index contributed by atoms with van der Waals surface area (Å²) >= 11 is 5.17. The first-order valence-corrected chi connectivity index (χ1v) is 5.35. The van der Waals surface area contributed by atoms with Crippen molar-refractivity contribution in [3.05, 3.63) is 17.5 Å². The average molecular weight is 244 g/mol. The minimum absolute atomic E-state index is 0.231. The lowest BCUT2D eigenvalue weighted by Crippen LogP contribution is -2.25. The Morgan fingerprint density at radius 2 is 2.25 bits per heavy atom. The van der Waals surface area contributed by atoms with E-state index in [1.165, 1.54) is 0 Å². The van der Waals surface area contributed by atoms with Gasteiger partial charge in [0, 0.05) is 25.7 Å². The van der Waals surface area contributed by atoms with Gasteiger partial charge in [-0.05, 0) is 31.0 Å². The van der Waals surface area contributed by atoms with Gasteiger partial charge in [0.1, 0.15) is 5.69 Å². The molecule has 0 saturated heterocycles. The van der Waals surface area contributed by atoms with Crippen LogP contribution in [0.2, 0.25) is 0 Å². The van der Waals surface area contributed by atoms with Crippen molar-refractivity contribution < 1.29 is 9.59 Å². The fourth-order valence-electron chi connectivity index (χ4n) is 1.19. The molecule has 1 amide bonds. The maximum atomic E-state index is 11.6. The molecule has 0 saturated carbocycles. The third-order valence-electron chi connectivity index (χ3n) is 2.18. The first kappa shape index (κ1) is 12.7. The molecule has 0 aliphatic heterocycles. The average Bonchev–Trinajstić information content (AvgIpc) is 2.54. The van der Waals surface area contributed by atoms with Crippen LogP contribution < -0.4 is 5.32 Å². The van der Waals surface area contributed by atoms with Crippen molar-refractivity contribution in [3.8, 4) is 0 Å².